The lowest BCUT2D eigenvalue weighted by Gasteiger charge is -2.38. The maximum Gasteiger partial charge on any atom is 0.253 e. The fourth-order valence-electron chi connectivity index (χ4n) is 2.50. The Hall–Kier alpha value is -1.91. The van der Waals surface area contributed by atoms with E-state index in [0.717, 1.165) is 25.9 Å². The van der Waals surface area contributed by atoms with E-state index in [1.807, 2.05) is 4.90 Å². The number of rotatable bonds is 3. The molecule has 0 atom stereocenters. The number of nitrogens with zero attached hydrogens (tertiary/aromatic N) is 2. The quantitative estimate of drug-likeness (QED) is 0.908. The van der Waals surface area contributed by atoms with Gasteiger partial charge in [-0.3, -0.25) is 14.6 Å². The maximum atomic E-state index is 12.1. The number of piperidine rings is 1. The molecule has 1 aliphatic heterocycles. The third-order valence-corrected chi connectivity index (χ3v) is 3.58. The normalized spacial score (nSPS) is 17.6. The van der Waals surface area contributed by atoms with Crippen LogP contribution in [0, 0.1) is 5.41 Å². The summed E-state index contributed by atoms with van der Waals surface area (Å²) in [6.45, 7) is 5.92. The van der Waals surface area contributed by atoms with Gasteiger partial charge in [-0.2, -0.15) is 0 Å². The van der Waals surface area contributed by atoms with Crippen molar-refractivity contribution < 1.29 is 9.59 Å². The van der Waals surface area contributed by atoms with Crippen LogP contribution >= 0.6 is 0 Å². The summed E-state index contributed by atoms with van der Waals surface area (Å²) in [5, 5.41) is 2.65. The number of hydrogen-bond donors (Lipinski definition) is 1. The molecule has 0 radical (unpaired) electrons. The Morgan fingerprint density at radius 2 is 2.25 bits per heavy atom. The molecular formula is C15H21N3O2. The summed E-state index contributed by atoms with van der Waals surface area (Å²) in [5.41, 5.74) is 0.639. The first kappa shape index (κ1) is 14.5. The van der Waals surface area contributed by atoms with Gasteiger partial charge in [-0.1, -0.05) is 13.8 Å². The molecule has 5 nitrogen and oxygen atoms in total. The molecule has 1 aromatic heterocycles. The second-order valence-corrected chi connectivity index (χ2v) is 6.01. The van der Waals surface area contributed by atoms with E-state index in [1.165, 1.54) is 6.20 Å². The lowest BCUT2D eigenvalue weighted by Crippen LogP contribution is -2.47. The van der Waals surface area contributed by atoms with Gasteiger partial charge < -0.3 is 10.2 Å². The average molecular weight is 275 g/mol. The van der Waals surface area contributed by atoms with Crippen molar-refractivity contribution in [3.05, 3.63) is 30.1 Å². The van der Waals surface area contributed by atoms with Gasteiger partial charge in [0.1, 0.15) is 0 Å². The van der Waals surface area contributed by atoms with Crippen LogP contribution in [0.4, 0.5) is 0 Å². The third kappa shape index (κ3) is 3.79. The van der Waals surface area contributed by atoms with E-state index in [0.29, 0.717) is 5.56 Å². The molecule has 2 rings (SSSR count). The van der Waals surface area contributed by atoms with Gasteiger partial charge in [0.15, 0.2) is 0 Å². The number of nitrogens with one attached hydrogen (secondary N) is 1. The topological polar surface area (TPSA) is 62.3 Å². The van der Waals surface area contributed by atoms with Crippen LogP contribution in [0.25, 0.3) is 0 Å². The summed E-state index contributed by atoms with van der Waals surface area (Å²) in [7, 11) is 0. The number of hydrogen-bond acceptors (Lipinski definition) is 3. The van der Waals surface area contributed by atoms with E-state index in [-0.39, 0.29) is 23.8 Å². The molecule has 108 valence electrons. The second-order valence-electron chi connectivity index (χ2n) is 6.01. The fraction of sp³-hybridized carbons (Fsp3) is 0.533. The van der Waals surface area contributed by atoms with Crippen LogP contribution < -0.4 is 5.32 Å². The first-order chi connectivity index (χ1) is 9.48. The maximum absolute atomic E-state index is 12.1. The second kappa shape index (κ2) is 6.03. The molecule has 0 bridgehead atoms. The number of carbonyl (C=O) groups is 2. The van der Waals surface area contributed by atoms with Crippen LogP contribution in [0.3, 0.4) is 0 Å². The van der Waals surface area contributed by atoms with Crippen molar-refractivity contribution in [3.8, 4) is 0 Å². The third-order valence-electron chi connectivity index (χ3n) is 3.58. The lowest BCUT2D eigenvalue weighted by atomic mass is 9.84. The predicted octanol–water partition coefficient (Wildman–Crippen LogP) is 1.46. The van der Waals surface area contributed by atoms with Gasteiger partial charge >= 0.3 is 0 Å². The van der Waals surface area contributed by atoms with Crippen LogP contribution in [0.1, 0.15) is 37.0 Å². The first-order valence-electron chi connectivity index (χ1n) is 6.94. The summed E-state index contributed by atoms with van der Waals surface area (Å²) in [6.07, 6.45) is 5.26. The van der Waals surface area contributed by atoms with Crippen LogP contribution in [0.15, 0.2) is 24.5 Å². The molecule has 0 saturated carbocycles. The van der Waals surface area contributed by atoms with E-state index >= 15 is 0 Å². The van der Waals surface area contributed by atoms with Gasteiger partial charge in [0.2, 0.25) is 5.91 Å². The Bertz CT molecular complexity index is 485. The van der Waals surface area contributed by atoms with Crippen molar-refractivity contribution >= 4 is 11.8 Å². The smallest absolute Gasteiger partial charge is 0.253 e. The van der Waals surface area contributed by atoms with Crippen molar-refractivity contribution in [2.24, 2.45) is 5.41 Å². The summed E-state index contributed by atoms with van der Waals surface area (Å²) in [4.78, 5) is 29.7. The molecule has 1 saturated heterocycles. The summed E-state index contributed by atoms with van der Waals surface area (Å²) in [6, 6.07) is 3.38. The van der Waals surface area contributed by atoms with Gasteiger partial charge in [0.05, 0.1) is 12.1 Å². The monoisotopic (exact) mass is 275 g/mol. The number of amides is 2. The Morgan fingerprint density at radius 3 is 2.90 bits per heavy atom. The molecule has 0 aliphatic carbocycles. The minimum absolute atomic E-state index is 0.0185. The Balaban J connectivity index is 1.85. The predicted molar refractivity (Wildman–Crippen MR) is 76.2 cm³/mol. The molecule has 0 spiro atoms. The molecule has 20 heavy (non-hydrogen) atoms. The molecule has 1 N–H and O–H groups in total. The minimum atomic E-state index is -0.261. The van der Waals surface area contributed by atoms with E-state index in [2.05, 4.69) is 24.1 Å². The minimum Gasteiger partial charge on any atom is -0.343 e. The molecule has 1 fully saturated rings. The molecule has 1 aliphatic rings. The Morgan fingerprint density at radius 1 is 1.45 bits per heavy atom. The number of likely N-dealkylation sites (tertiary alicyclic amines) is 1. The molecule has 0 unspecified atom stereocenters. The number of aromatic nitrogens is 1. The van der Waals surface area contributed by atoms with E-state index in [4.69, 9.17) is 0 Å². The zero-order chi connectivity index (χ0) is 14.6. The number of pyridine rings is 1. The van der Waals surface area contributed by atoms with Gasteiger partial charge in [-0.15, -0.1) is 0 Å². The standard InChI is InChI=1S/C15H21N3O2/c1-15(2)6-4-8-18(11-15)13(19)10-17-14(20)12-5-3-7-16-9-12/h3,5,7,9H,4,6,8,10-11H2,1-2H3,(H,17,20). The van der Waals surface area contributed by atoms with Gasteiger partial charge in [-0.25, -0.2) is 0 Å². The molecule has 0 aromatic carbocycles. The van der Waals surface area contributed by atoms with E-state index in [9.17, 15) is 9.59 Å². The average Bonchev–Trinajstić information content (AvgIpc) is 2.44. The lowest BCUT2D eigenvalue weighted by molar-refractivity contribution is -0.133. The summed E-state index contributed by atoms with van der Waals surface area (Å²) < 4.78 is 0. The van der Waals surface area contributed by atoms with Crippen LogP contribution in [0.5, 0.6) is 0 Å². The zero-order valence-electron chi connectivity index (χ0n) is 12.1. The summed E-state index contributed by atoms with van der Waals surface area (Å²) >= 11 is 0. The van der Waals surface area contributed by atoms with Gasteiger partial charge in [0.25, 0.3) is 5.91 Å². The van der Waals surface area contributed by atoms with Crippen LogP contribution in [-0.4, -0.2) is 41.3 Å². The highest BCUT2D eigenvalue weighted by molar-refractivity contribution is 5.96. The SMILES string of the molecule is CC1(C)CCCN(C(=O)CNC(=O)c2cccnc2)C1. The highest BCUT2D eigenvalue weighted by atomic mass is 16.2. The van der Waals surface area contributed by atoms with Gasteiger partial charge in [-0.05, 0) is 30.4 Å². The zero-order valence-corrected chi connectivity index (χ0v) is 12.1. The summed E-state index contributed by atoms with van der Waals surface area (Å²) in [5.74, 6) is -0.280. The van der Waals surface area contributed by atoms with Gasteiger partial charge in [0, 0.05) is 25.5 Å². The van der Waals surface area contributed by atoms with Crippen molar-refractivity contribution in [2.75, 3.05) is 19.6 Å². The van der Waals surface area contributed by atoms with Crippen LogP contribution in [0.2, 0.25) is 0 Å². The largest absolute Gasteiger partial charge is 0.343 e. The van der Waals surface area contributed by atoms with E-state index < -0.39 is 0 Å². The highest BCUT2D eigenvalue weighted by Crippen LogP contribution is 2.28. The molecule has 2 amide bonds. The van der Waals surface area contributed by atoms with Crippen molar-refractivity contribution in [3.63, 3.8) is 0 Å². The Kier molecular flexibility index (Phi) is 4.37. The van der Waals surface area contributed by atoms with Crippen molar-refractivity contribution in [2.45, 2.75) is 26.7 Å². The number of carbonyl (C=O) groups excluding carboxylic acids is 2. The Labute approximate surface area is 119 Å². The fourth-order valence-corrected chi connectivity index (χ4v) is 2.50. The van der Waals surface area contributed by atoms with Crippen LogP contribution in [-0.2, 0) is 4.79 Å². The van der Waals surface area contributed by atoms with Crippen molar-refractivity contribution in [1.29, 1.82) is 0 Å². The molecular weight excluding hydrogens is 254 g/mol. The first-order valence-corrected chi connectivity index (χ1v) is 6.94. The molecule has 5 heteroatoms. The molecule has 2 heterocycles. The molecule has 1 aromatic rings. The highest BCUT2D eigenvalue weighted by Gasteiger charge is 2.28. The van der Waals surface area contributed by atoms with Crippen molar-refractivity contribution in [1.82, 2.24) is 15.2 Å². The van der Waals surface area contributed by atoms with E-state index in [1.54, 1.807) is 18.3 Å².